The summed E-state index contributed by atoms with van der Waals surface area (Å²) in [5.74, 6) is -0.255. The van der Waals surface area contributed by atoms with Crippen molar-refractivity contribution in [3.63, 3.8) is 0 Å². The van der Waals surface area contributed by atoms with E-state index in [2.05, 4.69) is 15.8 Å². The Labute approximate surface area is 63.8 Å². The van der Waals surface area contributed by atoms with Crippen LogP contribution in [0.3, 0.4) is 0 Å². The normalized spacial score (nSPS) is 22.0. The van der Waals surface area contributed by atoms with Crippen LogP contribution in [0.1, 0.15) is 0 Å². The maximum absolute atomic E-state index is 10.9. The topological polar surface area (TPSA) is 73.7 Å². The molecule has 0 saturated heterocycles. The lowest BCUT2D eigenvalue weighted by atomic mass is 10.2. The summed E-state index contributed by atoms with van der Waals surface area (Å²) in [6.07, 6.45) is 1.87. The molecule has 0 spiro atoms. The SMILES string of the molecule is CNC(=O)C1=CC(O)NN=C1. The third-order valence-electron chi connectivity index (χ3n) is 1.24. The number of aliphatic hydroxyl groups is 1. The van der Waals surface area contributed by atoms with E-state index in [1.165, 1.54) is 19.3 Å². The third-order valence-corrected chi connectivity index (χ3v) is 1.24. The van der Waals surface area contributed by atoms with Gasteiger partial charge >= 0.3 is 0 Å². The van der Waals surface area contributed by atoms with E-state index in [1.807, 2.05) is 0 Å². The van der Waals surface area contributed by atoms with E-state index in [4.69, 9.17) is 5.11 Å². The van der Waals surface area contributed by atoms with Gasteiger partial charge in [0.15, 0.2) is 6.23 Å². The van der Waals surface area contributed by atoms with Gasteiger partial charge in [0.1, 0.15) is 0 Å². The summed E-state index contributed by atoms with van der Waals surface area (Å²) in [7, 11) is 1.52. The fourth-order valence-corrected chi connectivity index (χ4v) is 0.712. The lowest BCUT2D eigenvalue weighted by Gasteiger charge is -2.11. The zero-order valence-electron chi connectivity index (χ0n) is 6.03. The Balaban J connectivity index is 2.71. The number of aliphatic hydroxyl groups excluding tert-OH is 1. The summed E-state index contributed by atoms with van der Waals surface area (Å²) < 4.78 is 0. The Morgan fingerprint density at radius 3 is 3.18 bits per heavy atom. The Hall–Kier alpha value is -1.36. The molecule has 0 fully saturated rings. The average molecular weight is 155 g/mol. The molecule has 5 nitrogen and oxygen atoms in total. The minimum absolute atomic E-state index is 0.255. The summed E-state index contributed by atoms with van der Waals surface area (Å²) in [6, 6.07) is 0. The number of nitrogens with zero attached hydrogens (tertiary/aromatic N) is 1. The highest BCUT2D eigenvalue weighted by molar-refractivity contribution is 6.12. The number of carbonyl (C=O) groups is 1. The van der Waals surface area contributed by atoms with Crippen molar-refractivity contribution in [2.24, 2.45) is 5.10 Å². The summed E-state index contributed by atoms with van der Waals surface area (Å²) in [4.78, 5) is 10.9. The first-order valence-electron chi connectivity index (χ1n) is 3.14. The van der Waals surface area contributed by atoms with Crippen LogP contribution in [0.5, 0.6) is 0 Å². The minimum Gasteiger partial charge on any atom is -0.369 e. The summed E-state index contributed by atoms with van der Waals surface area (Å²) in [5, 5.41) is 14.9. The largest absolute Gasteiger partial charge is 0.369 e. The van der Waals surface area contributed by atoms with Gasteiger partial charge in [0.2, 0.25) is 0 Å². The van der Waals surface area contributed by atoms with Crippen LogP contribution in [0.15, 0.2) is 16.8 Å². The molecule has 1 aliphatic rings. The van der Waals surface area contributed by atoms with Gasteiger partial charge in [-0.2, -0.15) is 5.10 Å². The van der Waals surface area contributed by atoms with Crippen molar-refractivity contribution in [3.8, 4) is 0 Å². The van der Waals surface area contributed by atoms with Gasteiger partial charge in [-0.1, -0.05) is 0 Å². The highest BCUT2D eigenvalue weighted by Gasteiger charge is 2.10. The van der Waals surface area contributed by atoms with Crippen molar-refractivity contribution in [1.29, 1.82) is 0 Å². The van der Waals surface area contributed by atoms with Crippen LogP contribution in [0.25, 0.3) is 0 Å². The molecule has 60 valence electrons. The highest BCUT2D eigenvalue weighted by atomic mass is 16.3. The van der Waals surface area contributed by atoms with Crippen LogP contribution in [0.4, 0.5) is 0 Å². The first kappa shape index (κ1) is 7.74. The predicted molar refractivity (Wildman–Crippen MR) is 39.8 cm³/mol. The van der Waals surface area contributed by atoms with Gasteiger partial charge in [-0.3, -0.25) is 10.2 Å². The van der Waals surface area contributed by atoms with Gasteiger partial charge in [-0.25, -0.2) is 0 Å². The maximum atomic E-state index is 10.9. The molecule has 0 aromatic rings. The number of nitrogens with one attached hydrogen (secondary N) is 2. The zero-order valence-corrected chi connectivity index (χ0v) is 6.03. The summed E-state index contributed by atoms with van der Waals surface area (Å²) in [5.41, 5.74) is 2.72. The number of hydrogen-bond acceptors (Lipinski definition) is 4. The Bertz CT molecular complexity index is 222. The molecule has 1 unspecified atom stereocenters. The molecular weight excluding hydrogens is 146 g/mol. The van der Waals surface area contributed by atoms with E-state index in [-0.39, 0.29) is 5.91 Å². The van der Waals surface area contributed by atoms with E-state index < -0.39 is 6.23 Å². The quantitative estimate of drug-likeness (QED) is 0.434. The monoisotopic (exact) mass is 155 g/mol. The number of likely N-dealkylation sites (N-methyl/N-ethyl adjacent to an activating group) is 1. The van der Waals surface area contributed by atoms with Crippen LogP contribution in [-0.4, -0.2) is 30.5 Å². The van der Waals surface area contributed by atoms with Crippen molar-refractivity contribution < 1.29 is 9.90 Å². The molecule has 0 bridgehead atoms. The van der Waals surface area contributed by atoms with Crippen LogP contribution in [-0.2, 0) is 4.79 Å². The van der Waals surface area contributed by atoms with Crippen molar-refractivity contribution in [2.45, 2.75) is 6.23 Å². The Kier molecular flexibility index (Phi) is 2.22. The lowest BCUT2D eigenvalue weighted by molar-refractivity contribution is -0.116. The third kappa shape index (κ3) is 1.78. The Morgan fingerprint density at radius 1 is 1.91 bits per heavy atom. The molecule has 5 heteroatoms. The minimum atomic E-state index is -0.868. The van der Waals surface area contributed by atoms with Crippen LogP contribution >= 0.6 is 0 Å². The number of amides is 1. The fraction of sp³-hybridized carbons (Fsp3) is 0.333. The number of hydrazone groups is 1. The van der Waals surface area contributed by atoms with Gasteiger partial charge in [-0.15, -0.1) is 0 Å². The molecule has 1 rings (SSSR count). The van der Waals surface area contributed by atoms with Crippen LogP contribution in [0, 0.1) is 0 Å². The second kappa shape index (κ2) is 3.16. The molecule has 1 amide bonds. The lowest BCUT2D eigenvalue weighted by Crippen LogP contribution is -2.30. The van der Waals surface area contributed by atoms with Gasteiger partial charge < -0.3 is 10.4 Å². The molecule has 1 aliphatic heterocycles. The van der Waals surface area contributed by atoms with Crippen LogP contribution < -0.4 is 10.7 Å². The molecule has 1 heterocycles. The summed E-state index contributed by atoms with van der Waals surface area (Å²) in [6.45, 7) is 0. The molecule has 1 atom stereocenters. The van der Waals surface area contributed by atoms with Crippen molar-refractivity contribution >= 4 is 12.1 Å². The van der Waals surface area contributed by atoms with Crippen molar-refractivity contribution in [2.75, 3.05) is 7.05 Å². The van der Waals surface area contributed by atoms with E-state index in [9.17, 15) is 4.79 Å². The van der Waals surface area contributed by atoms with Gasteiger partial charge in [0.25, 0.3) is 5.91 Å². The van der Waals surface area contributed by atoms with Crippen molar-refractivity contribution in [3.05, 3.63) is 11.6 Å². The molecule has 0 aromatic heterocycles. The molecule has 11 heavy (non-hydrogen) atoms. The number of carbonyl (C=O) groups excluding carboxylic acids is 1. The fourth-order valence-electron chi connectivity index (χ4n) is 0.712. The van der Waals surface area contributed by atoms with Gasteiger partial charge in [0, 0.05) is 7.05 Å². The van der Waals surface area contributed by atoms with Gasteiger partial charge in [0.05, 0.1) is 11.8 Å². The van der Waals surface area contributed by atoms with E-state index >= 15 is 0 Å². The summed E-state index contributed by atoms with van der Waals surface area (Å²) >= 11 is 0. The molecular formula is C6H9N3O2. The van der Waals surface area contributed by atoms with Gasteiger partial charge in [-0.05, 0) is 6.08 Å². The number of rotatable bonds is 1. The zero-order chi connectivity index (χ0) is 8.27. The Morgan fingerprint density at radius 2 is 2.64 bits per heavy atom. The van der Waals surface area contributed by atoms with E-state index in [0.29, 0.717) is 5.57 Å². The van der Waals surface area contributed by atoms with Crippen molar-refractivity contribution in [1.82, 2.24) is 10.7 Å². The molecule has 0 saturated carbocycles. The van der Waals surface area contributed by atoms with E-state index in [1.54, 1.807) is 0 Å². The number of hydrogen-bond donors (Lipinski definition) is 3. The first-order valence-corrected chi connectivity index (χ1v) is 3.14. The standard InChI is InChI=1S/C6H9N3O2/c1-7-6(11)4-2-5(10)9-8-3-4/h2-3,5,9-10H,1H3,(H,7,11). The first-order chi connectivity index (χ1) is 5.24. The predicted octanol–water partition coefficient (Wildman–Crippen LogP) is -1.43. The second-order valence-electron chi connectivity index (χ2n) is 2.03. The molecule has 0 aliphatic carbocycles. The van der Waals surface area contributed by atoms with E-state index in [0.717, 1.165) is 0 Å². The second-order valence-corrected chi connectivity index (χ2v) is 2.03. The molecule has 3 N–H and O–H groups in total. The highest BCUT2D eigenvalue weighted by Crippen LogP contribution is 1.97. The molecule has 0 radical (unpaired) electrons. The maximum Gasteiger partial charge on any atom is 0.252 e. The van der Waals surface area contributed by atoms with Crippen LogP contribution in [0.2, 0.25) is 0 Å². The molecule has 0 aromatic carbocycles. The average Bonchev–Trinajstić information content (AvgIpc) is 2.03. The smallest absolute Gasteiger partial charge is 0.252 e.